The van der Waals surface area contributed by atoms with Crippen LogP contribution in [0.25, 0.3) is 0 Å². The highest BCUT2D eigenvalue weighted by Crippen LogP contribution is 2.25. The Morgan fingerprint density at radius 1 is 1.22 bits per heavy atom. The van der Waals surface area contributed by atoms with E-state index in [2.05, 4.69) is 14.9 Å². The van der Waals surface area contributed by atoms with Gasteiger partial charge in [-0.25, -0.2) is 0 Å². The molecular weight excluding hydrogens is 232 g/mol. The van der Waals surface area contributed by atoms with Gasteiger partial charge in [-0.1, -0.05) is 6.42 Å². The molecular formula is C12H20N4O2. The molecule has 100 valence electrons. The summed E-state index contributed by atoms with van der Waals surface area (Å²) < 4.78 is 10.6. The van der Waals surface area contributed by atoms with Crippen LogP contribution in [0.15, 0.2) is 6.33 Å². The van der Waals surface area contributed by atoms with Crippen LogP contribution in [0, 0.1) is 0 Å². The average Bonchev–Trinajstić information content (AvgIpc) is 2.42. The van der Waals surface area contributed by atoms with Gasteiger partial charge in [0.2, 0.25) is 11.8 Å². The van der Waals surface area contributed by atoms with Crippen LogP contribution in [0.5, 0.6) is 11.8 Å². The summed E-state index contributed by atoms with van der Waals surface area (Å²) in [6.07, 6.45) is 5.30. The van der Waals surface area contributed by atoms with E-state index in [0.29, 0.717) is 24.1 Å². The zero-order valence-electron chi connectivity index (χ0n) is 10.8. The van der Waals surface area contributed by atoms with Gasteiger partial charge in [0.25, 0.3) is 0 Å². The smallest absolute Gasteiger partial charge is 0.244 e. The number of nitrogen functional groups attached to an aromatic ring is 1. The van der Waals surface area contributed by atoms with Crippen LogP contribution in [0.1, 0.15) is 19.3 Å². The third kappa shape index (κ3) is 3.22. The Balaban J connectivity index is 1.82. The summed E-state index contributed by atoms with van der Waals surface area (Å²) in [4.78, 5) is 10.3. The van der Waals surface area contributed by atoms with Gasteiger partial charge < -0.3 is 15.2 Å². The summed E-state index contributed by atoms with van der Waals surface area (Å²) in [5.41, 5.74) is 6.18. The first kappa shape index (κ1) is 12.9. The Morgan fingerprint density at radius 2 is 1.94 bits per heavy atom. The lowest BCUT2D eigenvalue weighted by Gasteiger charge is -2.26. The van der Waals surface area contributed by atoms with Crippen molar-refractivity contribution in [1.29, 1.82) is 0 Å². The number of anilines is 1. The number of ether oxygens (including phenoxy) is 2. The molecule has 18 heavy (non-hydrogen) atoms. The Bertz CT molecular complexity index is 380. The minimum Gasteiger partial charge on any atom is -0.479 e. The molecule has 0 aliphatic carbocycles. The number of nitrogens with zero attached hydrogens (tertiary/aromatic N) is 3. The predicted octanol–water partition coefficient (Wildman–Crippen LogP) is 0.932. The molecule has 0 saturated carbocycles. The van der Waals surface area contributed by atoms with Crippen LogP contribution >= 0.6 is 0 Å². The summed E-state index contributed by atoms with van der Waals surface area (Å²) in [6, 6.07) is 0. The van der Waals surface area contributed by atoms with Gasteiger partial charge in [-0.2, -0.15) is 9.97 Å². The first-order valence-corrected chi connectivity index (χ1v) is 6.31. The topological polar surface area (TPSA) is 73.5 Å². The van der Waals surface area contributed by atoms with E-state index in [9.17, 15) is 0 Å². The van der Waals surface area contributed by atoms with Gasteiger partial charge in [0.1, 0.15) is 12.9 Å². The Morgan fingerprint density at radius 3 is 2.67 bits per heavy atom. The van der Waals surface area contributed by atoms with Gasteiger partial charge in [-0.3, -0.25) is 4.90 Å². The minimum absolute atomic E-state index is 0.359. The molecule has 0 unspecified atom stereocenters. The highest BCUT2D eigenvalue weighted by molar-refractivity contribution is 5.55. The molecule has 0 spiro atoms. The monoisotopic (exact) mass is 252 g/mol. The number of likely N-dealkylation sites (tertiary alicyclic amines) is 1. The van der Waals surface area contributed by atoms with Crippen molar-refractivity contribution in [2.75, 3.05) is 39.1 Å². The second kappa shape index (κ2) is 6.39. The molecule has 2 N–H and O–H groups in total. The van der Waals surface area contributed by atoms with E-state index in [1.807, 2.05) is 0 Å². The number of methoxy groups -OCH3 is 1. The third-order valence-corrected chi connectivity index (χ3v) is 3.10. The normalized spacial score (nSPS) is 16.5. The molecule has 1 aromatic rings. The average molecular weight is 252 g/mol. The number of hydrogen-bond donors (Lipinski definition) is 1. The minimum atomic E-state index is 0.359. The zero-order chi connectivity index (χ0) is 12.8. The second-order valence-corrected chi connectivity index (χ2v) is 4.35. The summed E-state index contributed by atoms with van der Waals surface area (Å²) in [6.45, 7) is 3.81. The fraction of sp³-hybridized carbons (Fsp3) is 0.667. The molecule has 0 atom stereocenters. The van der Waals surface area contributed by atoms with Crippen molar-refractivity contribution < 1.29 is 9.47 Å². The van der Waals surface area contributed by atoms with Gasteiger partial charge in [-0.15, -0.1) is 0 Å². The van der Waals surface area contributed by atoms with Gasteiger partial charge in [-0.05, 0) is 25.9 Å². The molecule has 6 nitrogen and oxygen atoms in total. The first-order valence-electron chi connectivity index (χ1n) is 6.31. The Kier molecular flexibility index (Phi) is 4.58. The number of rotatable bonds is 5. The second-order valence-electron chi connectivity index (χ2n) is 4.35. The van der Waals surface area contributed by atoms with Gasteiger partial charge in [0, 0.05) is 6.54 Å². The Hall–Kier alpha value is -1.56. The fourth-order valence-corrected chi connectivity index (χ4v) is 2.10. The maximum Gasteiger partial charge on any atom is 0.244 e. The maximum absolute atomic E-state index is 5.82. The summed E-state index contributed by atoms with van der Waals surface area (Å²) in [5, 5.41) is 0. The van der Waals surface area contributed by atoms with Gasteiger partial charge in [0.05, 0.1) is 7.11 Å². The van der Waals surface area contributed by atoms with E-state index in [1.165, 1.54) is 32.7 Å². The molecule has 0 bridgehead atoms. The highest BCUT2D eigenvalue weighted by atomic mass is 16.5. The van der Waals surface area contributed by atoms with Crippen molar-refractivity contribution in [2.24, 2.45) is 0 Å². The van der Waals surface area contributed by atoms with E-state index >= 15 is 0 Å². The molecule has 1 aliphatic heterocycles. The van der Waals surface area contributed by atoms with Crippen molar-refractivity contribution >= 4 is 5.69 Å². The number of piperidine rings is 1. The standard InChI is InChI=1S/C12H20N4O2/c1-17-11-10(13)12(15-9-14-11)18-8-7-16-5-3-2-4-6-16/h9H,2-8,13H2,1H3. The van der Waals surface area contributed by atoms with E-state index in [0.717, 1.165) is 19.6 Å². The van der Waals surface area contributed by atoms with Gasteiger partial charge >= 0.3 is 0 Å². The van der Waals surface area contributed by atoms with Crippen LogP contribution in [0.2, 0.25) is 0 Å². The van der Waals surface area contributed by atoms with Crippen molar-refractivity contribution in [2.45, 2.75) is 19.3 Å². The van der Waals surface area contributed by atoms with Crippen LogP contribution in [-0.2, 0) is 0 Å². The van der Waals surface area contributed by atoms with Crippen molar-refractivity contribution in [3.8, 4) is 11.8 Å². The number of aromatic nitrogens is 2. The number of hydrogen-bond acceptors (Lipinski definition) is 6. The lowest BCUT2D eigenvalue weighted by Crippen LogP contribution is -2.33. The molecule has 6 heteroatoms. The summed E-state index contributed by atoms with van der Waals surface area (Å²) >= 11 is 0. The van der Waals surface area contributed by atoms with E-state index in [4.69, 9.17) is 15.2 Å². The van der Waals surface area contributed by atoms with Crippen LogP contribution in [0.3, 0.4) is 0 Å². The van der Waals surface area contributed by atoms with E-state index < -0.39 is 0 Å². The lowest BCUT2D eigenvalue weighted by atomic mass is 10.1. The van der Waals surface area contributed by atoms with Crippen molar-refractivity contribution in [3.05, 3.63) is 6.33 Å². The highest BCUT2D eigenvalue weighted by Gasteiger charge is 2.12. The van der Waals surface area contributed by atoms with Crippen LogP contribution < -0.4 is 15.2 Å². The molecule has 2 rings (SSSR count). The summed E-state index contributed by atoms with van der Waals surface area (Å²) in [7, 11) is 1.52. The first-order chi connectivity index (χ1) is 8.81. The predicted molar refractivity (Wildman–Crippen MR) is 68.8 cm³/mol. The van der Waals surface area contributed by atoms with Crippen LogP contribution in [-0.4, -0.2) is 48.2 Å². The molecule has 1 fully saturated rings. The van der Waals surface area contributed by atoms with Crippen LogP contribution in [0.4, 0.5) is 5.69 Å². The molecule has 1 aromatic heterocycles. The summed E-state index contributed by atoms with van der Waals surface area (Å²) in [5.74, 6) is 0.761. The van der Waals surface area contributed by atoms with E-state index in [-0.39, 0.29) is 0 Å². The molecule has 2 heterocycles. The zero-order valence-corrected chi connectivity index (χ0v) is 10.8. The molecule has 0 amide bonds. The molecule has 1 aliphatic rings. The molecule has 1 saturated heterocycles. The quantitative estimate of drug-likeness (QED) is 0.840. The largest absolute Gasteiger partial charge is 0.479 e. The molecule has 0 radical (unpaired) electrons. The fourth-order valence-electron chi connectivity index (χ4n) is 2.10. The molecule has 0 aromatic carbocycles. The number of nitrogens with two attached hydrogens (primary N) is 1. The Labute approximate surface area is 107 Å². The third-order valence-electron chi connectivity index (χ3n) is 3.10. The maximum atomic E-state index is 5.82. The SMILES string of the molecule is COc1ncnc(OCCN2CCCCC2)c1N. The van der Waals surface area contributed by atoms with E-state index in [1.54, 1.807) is 0 Å². The lowest BCUT2D eigenvalue weighted by molar-refractivity contribution is 0.180. The van der Waals surface area contributed by atoms with Gasteiger partial charge in [0.15, 0.2) is 5.69 Å². The van der Waals surface area contributed by atoms with Crippen molar-refractivity contribution in [1.82, 2.24) is 14.9 Å². The van der Waals surface area contributed by atoms with Crippen molar-refractivity contribution in [3.63, 3.8) is 0 Å².